The van der Waals surface area contributed by atoms with Gasteiger partial charge in [0.15, 0.2) is 0 Å². The molecule has 1 atom stereocenters. The topological polar surface area (TPSA) is 66.5 Å². The summed E-state index contributed by atoms with van der Waals surface area (Å²) < 4.78 is 0. The van der Waals surface area contributed by atoms with Gasteiger partial charge in [0.05, 0.1) is 11.1 Å². The molecule has 2 aliphatic heterocycles. The van der Waals surface area contributed by atoms with Crippen molar-refractivity contribution in [3.05, 3.63) is 35.4 Å². The first-order valence-electron chi connectivity index (χ1n) is 7.32. The molecule has 5 heteroatoms. The second-order valence-corrected chi connectivity index (χ2v) is 5.12. The van der Waals surface area contributed by atoms with Gasteiger partial charge in [0.1, 0.15) is 5.54 Å². The van der Waals surface area contributed by atoms with Crippen LogP contribution in [-0.4, -0.2) is 34.7 Å². The lowest BCUT2D eigenvalue weighted by Crippen LogP contribution is -2.61. The van der Waals surface area contributed by atoms with Gasteiger partial charge in [0, 0.05) is 6.54 Å². The number of carbonyl (C=O) groups excluding carboxylic acids is 3. The highest BCUT2D eigenvalue weighted by Gasteiger charge is 2.51. The highest BCUT2D eigenvalue weighted by molar-refractivity contribution is 6.23. The van der Waals surface area contributed by atoms with Crippen LogP contribution in [0.2, 0.25) is 0 Å². The van der Waals surface area contributed by atoms with Crippen LogP contribution in [0.15, 0.2) is 24.3 Å². The fourth-order valence-corrected chi connectivity index (χ4v) is 2.79. The van der Waals surface area contributed by atoms with Crippen LogP contribution in [0.4, 0.5) is 0 Å². The Morgan fingerprint density at radius 2 is 1.57 bits per heavy atom. The minimum absolute atomic E-state index is 0.256. The predicted molar refractivity (Wildman–Crippen MR) is 78.9 cm³/mol. The highest BCUT2D eigenvalue weighted by Crippen LogP contribution is 2.33. The third kappa shape index (κ3) is 2.22. The minimum atomic E-state index is -1.08. The molecule has 1 aromatic carbocycles. The standard InChI is InChI=1S/C14H14N2O3.C2H6/c1-14(7-4-8-15-13(14)19)16-11(17)9-5-2-3-6-10(9)12(16)18;1-2/h2-3,5-6H,4,7-8H2,1H3,(H,15,19);1-2H3. The maximum atomic E-state index is 12.4. The number of nitrogens with zero attached hydrogens (tertiary/aromatic N) is 1. The van der Waals surface area contributed by atoms with E-state index in [1.54, 1.807) is 31.2 Å². The minimum Gasteiger partial charge on any atom is -0.354 e. The van der Waals surface area contributed by atoms with Crippen LogP contribution < -0.4 is 5.32 Å². The lowest BCUT2D eigenvalue weighted by Gasteiger charge is -2.38. The van der Waals surface area contributed by atoms with E-state index in [4.69, 9.17) is 0 Å². The van der Waals surface area contributed by atoms with Gasteiger partial charge in [-0.1, -0.05) is 26.0 Å². The Bertz CT molecular complexity index is 562. The quantitative estimate of drug-likeness (QED) is 0.803. The van der Waals surface area contributed by atoms with Crippen LogP contribution in [-0.2, 0) is 4.79 Å². The largest absolute Gasteiger partial charge is 0.354 e. The molecule has 112 valence electrons. The Kier molecular flexibility index (Phi) is 4.11. The molecule has 1 fully saturated rings. The third-order valence-corrected chi connectivity index (χ3v) is 3.90. The zero-order valence-electron chi connectivity index (χ0n) is 12.6. The van der Waals surface area contributed by atoms with Crippen LogP contribution in [0.25, 0.3) is 0 Å². The fourth-order valence-electron chi connectivity index (χ4n) is 2.79. The molecular weight excluding hydrogens is 268 g/mol. The number of piperidine rings is 1. The SMILES string of the molecule is CC.CC1(N2C(=O)c3ccccc3C2=O)CCCNC1=O. The van der Waals surface area contributed by atoms with E-state index in [1.165, 1.54) is 0 Å². The Morgan fingerprint density at radius 1 is 1.05 bits per heavy atom. The zero-order chi connectivity index (χ0) is 15.6. The van der Waals surface area contributed by atoms with E-state index in [9.17, 15) is 14.4 Å². The normalized spacial score (nSPS) is 24.1. The van der Waals surface area contributed by atoms with E-state index in [1.807, 2.05) is 13.8 Å². The third-order valence-electron chi connectivity index (χ3n) is 3.90. The number of imide groups is 1. The summed E-state index contributed by atoms with van der Waals surface area (Å²) >= 11 is 0. The molecule has 2 aliphatic rings. The van der Waals surface area contributed by atoms with Gasteiger partial charge in [-0.05, 0) is 31.9 Å². The van der Waals surface area contributed by atoms with Crippen LogP contribution >= 0.6 is 0 Å². The van der Waals surface area contributed by atoms with E-state index in [2.05, 4.69) is 5.32 Å². The van der Waals surface area contributed by atoms with Crippen molar-refractivity contribution in [3.8, 4) is 0 Å². The van der Waals surface area contributed by atoms with Crippen molar-refractivity contribution < 1.29 is 14.4 Å². The first-order chi connectivity index (χ1) is 10.1. The van der Waals surface area contributed by atoms with Gasteiger partial charge in [-0.3, -0.25) is 19.3 Å². The molecule has 0 aromatic heterocycles. The van der Waals surface area contributed by atoms with Crippen molar-refractivity contribution >= 4 is 17.7 Å². The molecule has 0 saturated carbocycles. The number of hydrogen-bond acceptors (Lipinski definition) is 3. The molecule has 5 nitrogen and oxygen atoms in total. The van der Waals surface area contributed by atoms with Gasteiger partial charge in [-0.2, -0.15) is 0 Å². The number of fused-ring (bicyclic) bond motifs is 1. The van der Waals surface area contributed by atoms with Gasteiger partial charge in [0.2, 0.25) is 5.91 Å². The van der Waals surface area contributed by atoms with Gasteiger partial charge in [-0.25, -0.2) is 0 Å². The molecule has 0 spiro atoms. The Hall–Kier alpha value is -2.17. The Balaban J connectivity index is 0.000000774. The van der Waals surface area contributed by atoms with E-state index in [-0.39, 0.29) is 17.7 Å². The van der Waals surface area contributed by atoms with Gasteiger partial charge < -0.3 is 5.32 Å². The number of nitrogens with one attached hydrogen (secondary N) is 1. The van der Waals surface area contributed by atoms with E-state index in [0.717, 1.165) is 11.3 Å². The van der Waals surface area contributed by atoms with Crippen LogP contribution in [0.1, 0.15) is 54.3 Å². The predicted octanol–water partition coefficient (Wildman–Crippen LogP) is 1.98. The summed E-state index contributed by atoms with van der Waals surface area (Å²) in [5.74, 6) is -1.01. The van der Waals surface area contributed by atoms with Gasteiger partial charge in [-0.15, -0.1) is 0 Å². The Morgan fingerprint density at radius 3 is 2.05 bits per heavy atom. The number of benzene rings is 1. The van der Waals surface area contributed by atoms with Crippen molar-refractivity contribution in [1.29, 1.82) is 0 Å². The fraction of sp³-hybridized carbons (Fsp3) is 0.438. The lowest BCUT2D eigenvalue weighted by molar-refractivity contribution is -0.132. The molecule has 1 N–H and O–H groups in total. The van der Waals surface area contributed by atoms with Crippen molar-refractivity contribution in [2.24, 2.45) is 0 Å². The smallest absolute Gasteiger partial charge is 0.262 e. The van der Waals surface area contributed by atoms with Crippen LogP contribution in [0.5, 0.6) is 0 Å². The first-order valence-corrected chi connectivity index (χ1v) is 7.32. The molecule has 1 saturated heterocycles. The van der Waals surface area contributed by atoms with Crippen molar-refractivity contribution in [1.82, 2.24) is 10.2 Å². The zero-order valence-corrected chi connectivity index (χ0v) is 12.6. The summed E-state index contributed by atoms with van der Waals surface area (Å²) in [4.78, 5) is 38.0. The number of rotatable bonds is 1. The second-order valence-electron chi connectivity index (χ2n) is 5.12. The summed E-state index contributed by atoms with van der Waals surface area (Å²) in [7, 11) is 0. The number of carbonyl (C=O) groups is 3. The molecular formula is C16H20N2O3. The van der Waals surface area contributed by atoms with Gasteiger partial charge in [0.25, 0.3) is 11.8 Å². The molecule has 3 amide bonds. The molecule has 0 radical (unpaired) electrons. The molecule has 1 aromatic rings. The second kappa shape index (κ2) is 5.68. The van der Waals surface area contributed by atoms with E-state index < -0.39 is 5.54 Å². The summed E-state index contributed by atoms with van der Waals surface area (Å²) in [6.45, 7) is 6.25. The highest BCUT2D eigenvalue weighted by atomic mass is 16.2. The maximum absolute atomic E-state index is 12.4. The summed E-state index contributed by atoms with van der Waals surface area (Å²) in [6, 6.07) is 6.69. The summed E-state index contributed by atoms with van der Waals surface area (Å²) in [5, 5.41) is 2.73. The molecule has 0 bridgehead atoms. The molecule has 1 unspecified atom stereocenters. The van der Waals surface area contributed by atoms with E-state index in [0.29, 0.717) is 24.1 Å². The molecule has 21 heavy (non-hydrogen) atoms. The maximum Gasteiger partial charge on any atom is 0.262 e. The Labute approximate surface area is 124 Å². The average Bonchev–Trinajstić information content (AvgIpc) is 2.77. The van der Waals surface area contributed by atoms with E-state index >= 15 is 0 Å². The summed E-state index contributed by atoms with van der Waals surface area (Å²) in [5.41, 5.74) is -0.315. The van der Waals surface area contributed by atoms with Crippen molar-refractivity contribution in [2.45, 2.75) is 39.2 Å². The first kappa shape index (κ1) is 15.2. The van der Waals surface area contributed by atoms with Crippen LogP contribution in [0, 0.1) is 0 Å². The molecule has 3 rings (SSSR count). The average molecular weight is 288 g/mol. The van der Waals surface area contributed by atoms with Crippen molar-refractivity contribution in [3.63, 3.8) is 0 Å². The van der Waals surface area contributed by atoms with Crippen LogP contribution in [0.3, 0.4) is 0 Å². The number of hydrogen-bond donors (Lipinski definition) is 1. The summed E-state index contributed by atoms with van der Waals surface area (Å²) in [6.07, 6.45) is 1.26. The van der Waals surface area contributed by atoms with Gasteiger partial charge >= 0.3 is 0 Å². The lowest BCUT2D eigenvalue weighted by atomic mass is 9.89. The number of amides is 3. The van der Waals surface area contributed by atoms with Crippen molar-refractivity contribution in [2.75, 3.05) is 6.54 Å². The monoisotopic (exact) mass is 288 g/mol. The molecule has 0 aliphatic carbocycles. The molecule has 2 heterocycles.